The van der Waals surface area contributed by atoms with Crippen LogP contribution in [0.15, 0.2) is 0 Å². The third-order valence-electron chi connectivity index (χ3n) is 3.83. The number of primary amides is 1. The van der Waals surface area contributed by atoms with Crippen LogP contribution in [0.25, 0.3) is 0 Å². The number of thiol groups is 1. The first-order valence-corrected chi connectivity index (χ1v) is 10.8. The van der Waals surface area contributed by atoms with Crippen molar-refractivity contribution in [2.75, 3.05) is 17.8 Å². The molecule has 8 N–H and O–H groups in total. The topological polar surface area (TPSA) is 194 Å². The van der Waals surface area contributed by atoms with E-state index in [1.54, 1.807) is 0 Å². The van der Waals surface area contributed by atoms with Crippen LogP contribution in [0.5, 0.6) is 0 Å². The third kappa shape index (κ3) is 10.9. The predicted octanol–water partition coefficient (Wildman–Crippen LogP) is -2.18. The highest BCUT2D eigenvalue weighted by molar-refractivity contribution is 7.98. The summed E-state index contributed by atoms with van der Waals surface area (Å²) in [7, 11) is 0. The zero-order valence-corrected chi connectivity index (χ0v) is 18.1. The molecule has 0 aliphatic heterocycles. The number of carboxylic acid groups (broad SMARTS) is 1. The highest BCUT2D eigenvalue weighted by Crippen LogP contribution is 2.02. The van der Waals surface area contributed by atoms with Gasteiger partial charge < -0.3 is 32.5 Å². The molecule has 0 saturated carbocycles. The molecular formula is C16H29N5O6S2. The van der Waals surface area contributed by atoms with Crippen molar-refractivity contribution in [2.24, 2.45) is 11.5 Å². The number of nitrogens with one attached hydrogen (secondary N) is 3. The average molecular weight is 452 g/mol. The smallest absolute Gasteiger partial charge is 0.326 e. The van der Waals surface area contributed by atoms with Gasteiger partial charge in [0, 0.05) is 12.2 Å². The van der Waals surface area contributed by atoms with Gasteiger partial charge in [0.25, 0.3) is 0 Å². The Balaban J connectivity index is 4.74. The van der Waals surface area contributed by atoms with E-state index in [1.165, 1.54) is 18.7 Å². The van der Waals surface area contributed by atoms with Crippen molar-refractivity contribution < 1.29 is 29.1 Å². The summed E-state index contributed by atoms with van der Waals surface area (Å²) in [5.74, 6) is -3.32. The van der Waals surface area contributed by atoms with Gasteiger partial charge in [-0.25, -0.2) is 4.79 Å². The number of carbonyl (C=O) groups excluding carboxylic acids is 4. The summed E-state index contributed by atoms with van der Waals surface area (Å²) >= 11 is 5.45. The van der Waals surface area contributed by atoms with Crippen molar-refractivity contribution in [1.29, 1.82) is 0 Å². The summed E-state index contributed by atoms with van der Waals surface area (Å²) in [5, 5.41) is 16.3. The SMILES string of the molecule is CSCCC(NC(=O)C(C)NC(=O)C(CS)NC(=O)C(N)CCC(N)=O)C(=O)O. The molecule has 0 aliphatic rings. The monoisotopic (exact) mass is 451 g/mol. The van der Waals surface area contributed by atoms with E-state index in [2.05, 4.69) is 28.6 Å². The number of carbonyl (C=O) groups is 5. The van der Waals surface area contributed by atoms with Crippen LogP contribution >= 0.6 is 24.4 Å². The average Bonchev–Trinajstić information content (AvgIpc) is 2.66. The molecule has 0 rings (SSSR count). The second-order valence-electron chi connectivity index (χ2n) is 6.27. The van der Waals surface area contributed by atoms with Crippen molar-refractivity contribution >= 4 is 54.0 Å². The number of nitrogens with two attached hydrogens (primary N) is 2. The number of aliphatic carboxylic acids is 1. The van der Waals surface area contributed by atoms with Gasteiger partial charge in [-0.15, -0.1) is 0 Å². The largest absolute Gasteiger partial charge is 0.480 e. The lowest BCUT2D eigenvalue weighted by Crippen LogP contribution is -2.57. The Bertz CT molecular complexity index is 606. The van der Waals surface area contributed by atoms with Gasteiger partial charge in [-0.2, -0.15) is 24.4 Å². The van der Waals surface area contributed by atoms with Crippen LogP contribution in [0, 0.1) is 0 Å². The fourth-order valence-corrected chi connectivity index (χ4v) is 2.80. The molecular weight excluding hydrogens is 422 g/mol. The van der Waals surface area contributed by atoms with Gasteiger partial charge >= 0.3 is 5.97 Å². The summed E-state index contributed by atoms with van der Waals surface area (Å²) in [4.78, 5) is 58.5. The lowest BCUT2D eigenvalue weighted by molar-refractivity contribution is -0.142. The van der Waals surface area contributed by atoms with Crippen molar-refractivity contribution in [3.8, 4) is 0 Å². The number of rotatable bonds is 14. The van der Waals surface area contributed by atoms with Gasteiger partial charge in [0.15, 0.2) is 0 Å². The molecule has 0 spiro atoms. The predicted molar refractivity (Wildman–Crippen MR) is 112 cm³/mol. The van der Waals surface area contributed by atoms with Crippen molar-refractivity contribution in [2.45, 2.75) is 50.4 Å². The fraction of sp³-hybridized carbons (Fsp3) is 0.688. The first-order chi connectivity index (χ1) is 13.5. The zero-order chi connectivity index (χ0) is 22.6. The molecule has 29 heavy (non-hydrogen) atoms. The summed E-state index contributed by atoms with van der Waals surface area (Å²) < 4.78 is 0. The van der Waals surface area contributed by atoms with Crippen molar-refractivity contribution in [3.05, 3.63) is 0 Å². The van der Waals surface area contributed by atoms with Crippen LogP contribution in [-0.2, 0) is 24.0 Å². The molecule has 11 nitrogen and oxygen atoms in total. The van der Waals surface area contributed by atoms with Gasteiger partial charge in [-0.1, -0.05) is 0 Å². The number of hydrogen-bond donors (Lipinski definition) is 7. The van der Waals surface area contributed by atoms with E-state index in [-0.39, 0.29) is 25.0 Å². The minimum Gasteiger partial charge on any atom is -0.480 e. The summed E-state index contributed by atoms with van der Waals surface area (Å²) in [6, 6.07) is -4.22. The van der Waals surface area contributed by atoms with E-state index in [4.69, 9.17) is 16.6 Å². The maximum absolute atomic E-state index is 12.3. The fourth-order valence-electron chi connectivity index (χ4n) is 2.07. The Morgan fingerprint density at radius 2 is 1.59 bits per heavy atom. The molecule has 0 saturated heterocycles. The van der Waals surface area contributed by atoms with E-state index >= 15 is 0 Å². The molecule has 0 aliphatic carbocycles. The summed E-state index contributed by atoms with van der Waals surface area (Å²) in [5.41, 5.74) is 10.6. The minimum absolute atomic E-state index is 0.0213. The van der Waals surface area contributed by atoms with Crippen LogP contribution in [0.3, 0.4) is 0 Å². The van der Waals surface area contributed by atoms with Gasteiger partial charge in [-0.3, -0.25) is 19.2 Å². The van der Waals surface area contributed by atoms with Crippen LogP contribution in [0.2, 0.25) is 0 Å². The first kappa shape index (κ1) is 27.0. The molecule has 0 heterocycles. The van der Waals surface area contributed by atoms with Crippen LogP contribution in [0.1, 0.15) is 26.2 Å². The number of hydrogen-bond acceptors (Lipinski definition) is 8. The van der Waals surface area contributed by atoms with E-state index < -0.39 is 53.8 Å². The normalized spacial score (nSPS) is 14.8. The Labute approximate surface area is 178 Å². The zero-order valence-electron chi connectivity index (χ0n) is 16.3. The molecule has 0 radical (unpaired) electrons. The maximum Gasteiger partial charge on any atom is 0.326 e. The highest BCUT2D eigenvalue weighted by atomic mass is 32.2. The Kier molecular flexibility index (Phi) is 13.1. The lowest BCUT2D eigenvalue weighted by atomic mass is 10.1. The molecule has 4 amide bonds. The highest BCUT2D eigenvalue weighted by Gasteiger charge is 2.27. The van der Waals surface area contributed by atoms with Crippen LogP contribution in [-0.4, -0.2) is 76.6 Å². The molecule has 13 heteroatoms. The second-order valence-corrected chi connectivity index (χ2v) is 7.62. The number of thioether (sulfide) groups is 1. The lowest BCUT2D eigenvalue weighted by Gasteiger charge is -2.22. The van der Waals surface area contributed by atoms with Gasteiger partial charge in [0.05, 0.1) is 6.04 Å². The number of carboxylic acids is 1. The van der Waals surface area contributed by atoms with E-state index in [9.17, 15) is 24.0 Å². The molecule has 0 fully saturated rings. The van der Waals surface area contributed by atoms with Gasteiger partial charge in [0.1, 0.15) is 18.1 Å². The standard InChI is InChI=1S/C16H29N5O6S2/c1-8(13(23)20-10(16(26)27)5-6-29-2)19-15(25)11(7-28)21-14(24)9(17)3-4-12(18)22/h8-11,28H,3-7,17H2,1-2H3,(H2,18,22)(H,19,25)(H,20,23)(H,21,24)(H,26,27). The molecule has 0 aromatic heterocycles. The summed E-state index contributed by atoms with van der Waals surface area (Å²) in [6.45, 7) is 1.39. The minimum atomic E-state index is -1.17. The molecule has 0 aromatic rings. The Morgan fingerprint density at radius 3 is 2.07 bits per heavy atom. The maximum atomic E-state index is 12.3. The van der Waals surface area contributed by atoms with E-state index in [0.29, 0.717) is 5.75 Å². The summed E-state index contributed by atoms with van der Waals surface area (Å²) in [6.07, 6.45) is 2.00. The van der Waals surface area contributed by atoms with E-state index in [0.717, 1.165) is 0 Å². The molecule has 0 bridgehead atoms. The Morgan fingerprint density at radius 1 is 1.00 bits per heavy atom. The van der Waals surface area contributed by atoms with Gasteiger partial charge in [-0.05, 0) is 31.8 Å². The quantitative estimate of drug-likeness (QED) is 0.145. The molecule has 4 atom stereocenters. The van der Waals surface area contributed by atoms with Crippen LogP contribution in [0.4, 0.5) is 0 Å². The number of amides is 4. The van der Waals surface area contributed by atoms with Crippen molar-refractivity contribution in [3.63, 3.8) is 0 Å². The third-order valence-corrected chi connectivity index (χ3v) is 4.84. The first-order valence-electron chi connectivity index (χ1n) is 8.81. The molecule has 4 unspecified atom stereocenters. The van der Waals surface area contributed by atoms with Gasteiger partial charge in [0.2, 0.25) is 23.6 Å². The van der Waals surface area contributed by atoms with Crippen LogP contribution < -0.4 is 27.4 Å². The Hall–Kier alpha value is -1.99. The molecule has 0 aromatic carbocycles. The second kappa shape index (κ2) is 14.1. The van der Waals surface area contributed by atoms with Crippen molar-refractivity contribution in [1.82, 2.24) is 16.0 Å². The molecule has 166 valence electrons. The van der Waals surface area contributed by atoms with E-state index in [1.807, 2.05) is 6.26 Å².